The van der Waals surface area contributed by atoms with Crippen molar-refractivity contribution in [2.45, 2.75) is 43.6 Å². The number of para-hydroxylation sites is 2. The van der Waals surface area contributed by atoms with Crippen LogP contribution in [0.1, 0.15) is 36.2 Å². The van der Waals surface area contributed by atoms with Crippen molar-refractivity contribution < 1.29 is 9.59 Å². The smallest absolute Gasteiger partial charge is 0.224 e. The number of benzene rings is 2. The highest BCUT2D eigenvalue weighted by Gasteiger charge is 2.22. The molecule has 0 radical (unpaired) electrons. The molecule has 4 rings (SSSR count). The number of hydrogen-bond donors (Lipinski definition) is 1. The Kier molecular flexibility index (Phi) is 4.74. The van der Waals surface area contributed by atoms with E-state index in [1.807, 2.05) is 37.3 Å². The normalized spacial score (nSPS) is 14.7. The largest absolute Gasteiger partial charge is 0.326 e. The third-order valence-corrected chi connectivity index (χ3v) is 5.96. The number of fused-ring (bicyclic) bond motifs is 2. The molecule has 138 valence electrons. The van der Waals surface area contributed by atoms with Gasteiger partial charge in [-0.15, -0.1) is 0 Å². The molecule has 0 saturated carbocycles. The maximum Gasteiger partial charge on any atom is 0.224 e. The van der Waals surface area contributed by atoms with Gasteiger partial charge in [0, 0.05) is 24.2 Å². The Morgan fingerprint density at radius 2 is 2.07 bits per heavy atom. The summed E-state index contributed by atoms with van der Waals surface area (Å²) in [5, 5.41) is 3.47. The van der Waals surface area contributed by atoms with E-state index in [4.69, 9.17) is 4.98 Å². The minimum atomic E-state index is -0.247. The number of anilines is 1. The Balaban J connectivity index is 1.57. The van der Waals surface area contributed by atoms with Crippen LogP contribution < -0.4 is 5.32 Å². The molecule has 2 aromatic carbocycles. The molecule has 1 amide bonds. The van der Waals surface area contributed by atoms with Gasteiger partial charge in [0.1, 0.15) is 0 Å². The molecule has 3 aromatic rings. The molecule has 1 aliphatic rings. The number of carbonyl (C=O) groups excluding carboxylic acids is 2. The summed E-state index contributed by atoms with van der Waals surface area (Å²) in [5.74, 6) is 0.110. The van der Waals surface area contributed by atoms with E-state index >= 15 is 0 Å². The second-order valence-corrected chi connectivity index (χ2v) is 7.98. The van der Waals surface area contributed by atoms with Gasteiger partial charge in [-0.25, -0.2) is 4.98 Å². The van der Waals surface area contributed by atoms with Crippen molar-refractivity contribution >= 4 is 40.2 Å². The van der Waals surface area contributed by atoms with Gasteiger partial charge in [0.2, 0.25) is 5.91 Å². The van der Waals surface area contributed by atoms with E-state index in [2.05, 4.69) is 22.9 Å². The molecule has 27 heavy (non-hydrogen) atoms. The summed E-state index contributed by atoms with van der Waals surface area (Å²) in [7, 11) is 0. The highest BCUT2D eigenvalue weighted by Crippen LogP contribution is 2.30. The van der Waals surface area contributed by atoms with E-state index in [0.29, 0.717) is 18.4 Å². The molecule has 2 heterocycles. The number of hydrogen-bond acceptors (Lipinski definition) is 4. The Hall–Kier alpha value is -2.60. The Morgan fingerprint density at radius 1 is 1.26 bits per heavy atom. The number of carbonyl (C=O) groups is 2. The molecule has 6 heteroatoms. The van der Waals surface area contributed by atoms with Crippen LogP contribution in [0, 0.1) is 0 Å². The van der Waals surface area contributed by atoms with Crippen LogP contribution in [0.5, 0.6) is 0 Å². The lowest BCUT2D eigenvalue weighted by molar-refractivity contribution is -0.116. The van der Waals surface area contributed by atoms with E-state index in [0.717, 1.165) is 34.0 Å². The lowest BCUT2D eigenvalue weighted by atomic mass is 9.98. The lowest BCUT2D eigenvalue weighted by Crippen LogP contribution is -2.20. The number of imidazole rings is 1. The van der Waals surface area contributed by atoms with Crippen LogP contribution in [0.3, 0.4) is 0 Å². The van der Waals surface area contributed by atoms with Crippen LogP contribution >= 0.6 is 11.8 Å². The van der Waals surface area contributed by atoms with Crippen LogP contribution in [0.15, 0.2) is 47.6 Å². The van der Waals surface area contributed by atoms with Gasteiger partial charge in [-0.05, 0) is 56.2 Å². The molecule has 0 fully saturated rings. The third-order valence-electron chi connectivity index (χ3n) is 4.87. The molecule has 1 atom stereocenters. The van der Waals surface area contributed by atoms with Crippen molar-refractivity contribution in [2.75, 3.05) is 5.32 Å². The highest BCUT2D eigenvalue weighted by atomic mass is 32.2. The molecule has 1 aliphatic heterocycles. The monoisotopic (exact) mass is 379 g/mol. The minimum absolute atomic E-state index is 0.0315. The Morgan fingerprint density at radius 3 is 2.89 bits per heavy atom. The maximum atomic E-state index is 13.0. The standard InChI is InChI=1S/C21H21N3O2S/c1-3-24-18-7-5-4-6-17(18)23-21(24)27-13(2)20(26)15-8-10-16-14(12-15)9-11-19(25)22-16/h4-8,10,12-13H,3,9,11H2,1-2H3,(H,22,25). The summed E-state index contributed by atoms with van der Waals surface area (Å²) >= 11 is 1.49. The number of amides is 1. The number of aryl methyl sites for hydroxylation is 2. The van der Waals surface area contributed by atoms with Crippen molar-refractivity contribution in [1.82, 2.24) is 9.55 Å². The number of rotatable bonds is 5. The van der Waals surface area contributed by atoms with Crippen LogP contribution in [-0.4, -0.2) is 26.5 Å². The van der Waals surface area contributed by atoms with Gasteiger partial charge in [0.05, 0.1) is 16.3 Å². The van der Waals surface area contributed by atoms with Crippen LogP contribution in [-0.2, 0) is 17.8 Å². The van der Waals surface area contributed by atoms with Gasteiger partial charge in [0.25, 0.3) is 0 Å². The van der Waals surface area contributed by atoms with E-state index in [9.17, 15) is 9.59 Å². The first-order chi connectivity index (χ1) is 13.1. The predicted molar refractivity (Wildman–Crippen MR) is 108 cm³/mol. The zero-order chi connectivity index (χ0) is 19.0. The fourth-order valence-electron chi connectivity index (χ4n) is 3.43. The Labute approximate surface area is 162 Å². The second kappa shape index (κ2) is 7.19. The molecule has 1 N–H and O–H groups in total. The molecule has 0 bridgehead atoms. The SMILES string of the molecule is CCn1c(SC(C)C(=O)c2ccc3c(c2)CCC(=O)N3)nc2ccccc21. The topological polar surface area (TPSA) is 64.0 Å². The number of Topliss-reactive ketones (excluding diaryl/α,β-unsaturated/α-hetero) is 1. The average molecular weight is 379 g/mol. The summed E-state index contributed by atoms with van der Waals surface area (Å²) in [6, 6.07) is 13.6. The zero-order valence-corrected chi connectivity index (χ0v) is 16.2. The van der Waals surface area contributed by atoms with E-state index in [1.165, 1.54) is 11.8 Å². The van der Waals surface area contributed by atoms with Crippen molar-refractivity contribution in [1.29, 1.82) is 0 Å². The van der Waals surface area contributed by atoms with Gasteiger partial charge in [-0.1, -0.05) is 23.9 Å². The van der Waals surface area contributed by atoms with Crippen molar-refractivity contribution in [2.24, 2.45) is 0 Å². The van der Waals surface area contributed by atoms with Crippen molar-refractivity contribution in [3.05, 3.63) is 53.6 Å². The molecule has 5 nitrogen and oxygen atoms in total. The lowest BCUT2D eigenvalue weighted by Gasteiger charge is -2.18. The summed E-state index contributed by atoms with van der Waals surface area (Å²) < 4.78 is 2.15. The van der Waals surface area contributed by atoms with Crippen LogP contribution in [0.2, 0.25) is 0 Å². The number of ketones is 1. The summed E-state index contributed by atoms with van der Waals surface area (Å²) in [5.41, 5.74) is 4.57. The molecule has 0 aliphatic carbocycles. The summed E-state index contributed by atoms with van der Waals surface area (Å²) in [6.07, 6.45) is 1.14. The van der Waals surface area contributed by atoms with Gasteiger partial charge < -0.3 is 9.88 Å². The number of thioether (sulfide) groups is 1. The van der Waals surface area contributed by atoms with Crippen LogP contribution in [0.4, 0.5) is 5.69 Å². The van der Waals surface area contributed by atoms with Gasteiger partial charge >= 0.3 is 0 Å². The molecule has 0 spiro atoms. The van der Waals surface area contributed by atoms with Gasteiger partial charge in [-0.2, -0.15) is 0 Å². The number of nitrogens with zero attached hydrogens (tertiary/aromatic N) is 2. The third kappa shape index (κ3) is 3.37. The van der Waals surface area contributed by atoms with E-state index < -0.39 is 0 Å². The summed E-state index contributed by atoms with van der Waals surface area (Å²) in [6.45, 7) is 4.82. The number of aromatic nitrogens is 2. The van der Waals surface area contributed by atoms with Gasteiger partial charge in [0.15, 0.2) is 10.9 Å². The Bertz CT molecular complexity index is 1040. The first-order valence-electron chi connectivity index (χ1n) is 9.15. The molecule has 1 aromatic heterocycles. The number of nitrogens with one attached hydrogen (secondary N) is 1. The fourth-order valence-corrected chi connectivity index (χ4v) is 4.50. The van der Waals surface area contributed by atoms with Crippen molar-refractivity contribution in [3.8, 4) is 0 Å². The minimum Gasteiger partial charge on any atom is -0.326 e. The average Bonchev–Trinajstić information content (AvgIpc) is 3.03. The fraction of sp³-hybridized carbons (Fsp3) is 0.286. The first-order valence-corrected chi connectivity index (χ1v) is 10.0. The molecule has 0 saturated heterocycles. The summed E-state index contributed by atoms with van der Waals surface area (Å²) in [4.78, 5) is 29.2. The zero-order valence-electron chi connectivity index (χ0n) is 15.4. The molecule has 1 unspecified atom stereocenters. The quantitative estimate of drug-likeness (QED) is 0.530. The van der Waals surface area contributed by atoms with E-state index in [1.54, 1.807) is 6.07 Å². The highest BCUT2D eigenvalue weighted by molar-refractivity contribution is 8.00. The molecular formula is C21H21N3O2S. The van der Waals surface area contributed by atoms with E-state index in [-0.39, 0.29) is 16.9 Å². The van der Waals surface area contributed by atoms with Crippen molar-refractivity contribution in [3.63, 3.8) is 0 Å². The second-order valence-electron chi connectivity index (χ2n) is 6.67. The molecular weight excluding hydrogens is 358 g/mol. The predicted octanol–water partition coefficient (Wildman–Crippen LogP) is 4.30. The first kappa shape index (κ1) is 17.8. The van der Waals surface area contributed by atoms with Crippen LogP contribution in [0.25, 0.3) is 11.0 Å². The maximum absolute atomic E-state index is 13.0. The van der Waals surface area contributed by atoms with Gasteiger partial charge in [-0.3, -0.25) is 9.59 Å².